The van der Waals surface area contributed by atoms with Gasteiger partial charge in [-0.05, 0) is 17.0 Å². The molecule has 0 fully saturated rings. The lowest BCUT2D eigenvalue weighted by atomic mass is 10.0. The number of nitrogens with zero attached hydrogens (tertiary/aromatic N) is 2. The van der Waals surface area contributed by atoms with Gasteiger partial charge in [-0.1, -0.05) is 38.1 Å². The summed E-state index contributed by atoms with van der Waals surface area (Å²) in [7, 11) is 1.72. The fraction of sp³-hybridized carbons (Fsp3) is 0.429. The number of amides is 1. The van der Waals surface area contributed by atoms with Crippen molar-refractivity contribution >= 4 is 5.91 Å². The molecule has 0 aliphatic heterocycles. The van der Waals surface area contributed by atoms with Crippen molar-refractivity contribution in [1.82, 2.24) is 4.90 Å². The first-order chi connectivity index (χ1) is 8.04. The van der Waals surface area contributed by atoms with Crippen LogP contribution in [0.4, 0.5) is 0 Å². The van der Waals surface area contributed by atoms with Crippen molar-refractivity contribution in [2.75, 3.05) is 7.05 Å². The van der Waals surface area contributed by atoms with Crippen LogP contribution in [0, 0.1) is 11.3 Å². The molecule has 3 nitrogen and oxygen atoms in total. The minimum absolute atomic E-state index is 0.0550. The SMILES string of the molecule is CC(C)c1ccc(CN(C)C(=O)CC#N)cc1. The molecule has 0 unspecified atom stereocenters. The van der Waals surface area contributed by atoms with Crippen LogP contribution in [0.3, 0.4) is 0 Å². The van der Waals surface area contributed by atoms with E-state index < -0.39 is 0 Å². The van der Waals surface area contributed by atoms with Crippen molar-refractivity contribution in [2.24, 2.45) is 0 Å². The zero-order chi connectivity index (χ0) is 12.8. The highest BCUT2D eigenvalue weighted by molar-refractivity contribution is 5.77. The minimum Gasteiger partial charge on any atom is -0.341 e. The molecular weight excluding hydrogens is 212 g/mol. The van der Waals surface area contributed by atoms with Crippen molar-refractivity contribution in [3.63, 3.8) is 0 Å². The van der Waals surface area contributed by atoms with Gasteiger partial charge in [0.25, 0.3) is 0 Å². The van der Waals surface area contributed by atoms with Crippen LogP contribution >= 0.6 is 0 Å². The van der Waals surface area contributed by atoms with Gasteiger partial charge in [-0.2, -0.15) is 5.26 Å². The Morgan fingerprint density at radius 1 is 1.35 bits per heavy atom. The molecule has 0 spiro atoms. The van der Waals surface area contributed by atoms with Crippen LogP contribution in [0.2, 0.25) is 0 Å². The van der Waals surface area contributed by atoms with Crippen LogP contribution in [0.5, 0.6) is 0 Å². The second-order valence-corrected chi connectivity index (χ2v) is 4.48. The van der Waals surface area contributed by atoms with E-state index in [1.807, 2.05) is 18.2 Å². The first kappa shape index (κ1) is 13.2. The molecule has 1 aromatic carbocycles. The Labute approximate surface area is 103 Å². The molecule has 17 heavy (non-hydrogen) atoms. The number of benzene rings is 1. The highest BCUT2D eigenvalue weighted by atomic mass is 16.2. The topological polar surface area (TPSA) is 44.1 Å². The number of carbonyl (C=O) groups excluding carboxylic acids is 1. The number of rotatable bonds is 4. The molecule has 0 N–H and O–H groups in total. The predicted octanol–water partition coefficient (Wildman–Crippen LogP) is 2.68. The van der Waals surface area contributed by atoms with Gasteiger partial charge in [0.1, 0.15) is 6.42 Å². The van der Waals surface area contributed by atoms with Crippen LogP contribution in [0.15, 0.2) is 24.3 Å². The van der Waals surface area contributed by atoms with Crippen molar-refractivity contribution in [3.8, 4) is 6.07 Å². The molecule has 0 aromatic heterocycles. The number of nitriles is 1. The molecule has 0 atom stereocenters. The largest absolute Gasteiger partial charge is 0.341 e. The third-order valence-corrected chi connectivity index (χ3v) is 2.72. The minimum atomic E-state index is -0.138. The quantitative estimate of drug-likeness (QED) is 0.798. The van der Waals surface area contributed by atoms with E-state index >= 15 is 0 Å². The number of carbonyl (C=O) groups is 1. The first-order valence-electron chi connectivity index (χ1n) is 5.74. The zero-order valence-electron chi connectivity index (χ0n) is 10.6. The van der Waals surface area contributed by atoms with E-state index in [0.717, 1.165) is 5.56 Å². The standard InChI is InChI=1S/C14H18N2O/c1-11(2)13-6-4-12(5-7-13)10-16(3)14(17)8-9-15/h4-7,11H,8,10H2,1-3H3. The molecule has 0 radical (unpaired) electrons. The summed E-state index contributed by atoms with van der Waals surface area (Å²) in [5.74, 6) is 0.377. The van der Waals surface area contributed by atoms with E-state index in [4.69, 9.17) is 5.26 Å². The van der Waals surface area contributed by atoms with Crippen molar-refractivity contribution in [3.05, 3.63) is 35.4 Å². The summed E-state index contributed by atoms with van der Waals surface area (Å²) in [6.07, 6.45) is -0.0550. The molecule has 0 saturated heterocycles. The molecule has 0 aliphatic carbocycles. The average molecular weight is 230 g/mol. The molecule has 0 bridgehead atoms. The molecule has 1 amide bonds. The molecule has 1 rings (SSSR count). The Kier molecular flexibility index (Phi) is 4.71. The third-order valence-electron chi connectivity index (χ3n) is 2.72. The molecule has 0 aliphatic rings. The zero-order valence-corrected chi connectivity index (χ0v) is 10.6. The Balaban J connectivity index is 2.63. The Bertz CT molecular complexity index is 415. The highest BCUT2D eigenvalue weighted by Crippen LogP contribution is 2.15. The maximum Gasteiger partial charge on any atom is 0.236 e. The van der Waals surface area contributed by atoms with Gasteiger partial charge in [0.15, 0.2) is 0 Å². The lowest BCUT2D eigenvalue weighted by Gasteiger charge is -2.16. The Morgan fingerprint density at radius 3 is 2.41 bits per heavy atom. The summed E-state index contributed by atoms with van der Waals surface area (Å²) in [5.41, 5.74) is 2.38. The van der Waals surface area contributed by atoms with Crippen LogP contribution in [-0.2, 0) is 11.3 Å². The average Bonchev–Trinajstić information content (AvgIpc) is 2.30. The second kappa shape index (κ2) is 6.05. The Morgan fingerprint density at radius 2 is 1.94 bits per heavy atom. The summed E-state index contributed by atoms with van der Waals surface area (Å²) in [5, 5.41) is 8.45. The molecule has 3 heteroatoms. The molecule has 0 saturated carbocycles. The first-order valence-corrected chi connectivity index (χ1v) is 5.74. The van der Waals surface area contributed by atoms with Gasteiger partial charge in [-0.3, -0.25) is 4.79 Å². The maximum absolute atomic E-state index is 11.4. The van der Waals surface area contributed by atoms with Gasteiger partial charge in [0.05, 0.1) is 6.07 Å². The van der Waals surface area contributed by atoms with Crippen LogP contribution in [-0.4, -0.2) is 17.9 Å². The van der Waals surface area contributed by atoms with Gasteiger partial charge >= 0.3 is 0 Å². The number of hydrogen-bond acceptors (Lipinski definition) is 2. The van der Waals surface area contributed by atoms with E-state index in [1.165, 1.54) is 5.56 Å². The monoisotopic (exact) mass is 230 g/mol. The van der Waals surface area contributed by atoms with E-state index in [1.54, 1.807) is 11.9 Å². The highest BCUT2D eigenvalue weighted by Gasteiger charge is 2.08. The van der Waals surface area contributed by atoms with Gasteiger partial charge in [0, 0.05) is 13.6 Å². The van der Waals surface area contributed by atoms with Gasteiger partial charge in [0.2, 0.25) is 5.91 Å². The van der Waals surface area contributed by atoms with Crippen LogP contribution in [0.25, 0.3) is 0 Å². The number of hydrogen-bond donors (Lipinski definition) is 0. The predicted molar refractivity (Wildman–Crippen MR) is 67.2 cm³/mol. The summed E-state index contributed by atoms with van der Waals surface area (Å²) < 4.78 is 0. The van der Waals surface area contributed by atoms with Crippen molar-refractivity contribution < 1.29 is 4.79 Å². The third kappa shape index (κ3) is 3.92. The van der Waals surface area contributed by atoms with Crippen LogP contribution < -0.4 is 0 Å². The smallest absolute Gasteiger partial charge is 0.236 e. The molecule has 0 heterocycles. The normalized spacial score (nSPS) is 10.1. The van der Waals surface area contributed by atoms with Crippen molar-refractivity contribution in [2.45, 2.75) is 32.7 Å². The molecule has 90 valence electrons. The van der Waals surface area contributed by atoms with E-state index in [-0.39, 0.29) is 12.3 Å². The van der Waals surface area contributed by atoms with Gasteiger partial charge in [-0.25, -0.2) is 0 Å². The Hall–Kier alpha value is -1.82. The van der Waals surface area contributed by atoms with E-state index in [0.29, 0.717) is 12.5 Å². The van der Waals surface area contributed by atoms with E-state index in [9.17, 15) is 4.79 Å². The van der Waals surface area contributed by atoms with Crippen molar-refractivity contribution in [1.29, 1.82) is 5.26 Å². The van der Waals surface area contributed by atoms with Gasteiger partial charge < -0.3 is 4.90 Å². The lowest BCUT2D eigenvalue weighted by molar-refractivity contribution is -0.129. The summed E-state index contributed by atoms with van der Waals surface area (Å²) in [6.45, 7) is 4.86. The maximum atomic E-state index is 11.4. The molecular formula is C14H18N2O. The lowest BCUT2D eigenvalue weighted by Crippen LogP contribution is -2.25. The summed E-state index contributed by atoms with van der Waals surface area (Å²) in [6, 6.07) is 10.1. The second-order valence-electron chi connectivity index (χ2n) is 4.48. The van der Waals surface area contributed by atoms with E-state index in [2.05, 4.69) is 26.0 Å². The summed E-state index contributed by atoms with van der Waals surface area (Å²) in [4.78, 5) is 13.0. The fourth-order valence-corrected chi connectivity index (χ4v) is 1.57. The van der Waals surface area contributed by atoms with Crippen LogP contribution in [0.1, 0.15) is 37.3 Å². The summed E-state index contributed by atoms with van der Waals surface area (Å²) >= 11 is 0. The van der Waals surface area contributed by atoms with Gasteiger partial charge in [-0.15, -0.1) is 0 Å². The molecule has 1 aromatic rings. The fourth-order valence-electron chi connectivity index (χ4n) is 1.57.